The van der Waals surface area contributed by atoms with Crippen molar-refractivity contribution in [3.8, 4) is 0 Å². The van der Waals surface area contributed by atoms with E-state index in [4.69, 9.17) is 4.74 Å². The highest BCUT2D eigenvalue weighted by molar-refractivity contribution is 7.16. The number of nitrogens with one attached hydrogen (secondary N) is 1. The number of anilines is 1. The molecule has 1 aromatic rings. The third-order valence-electron chi connectivity index (χ3n) is 1.71. The SMILES string of the molecule is Cc1sc(NC(=O)OC(C)(C)C)cc1[N+](=O)[O-]. The predicted molar refractivity (Wildman–Crippen MR) is 65.6 cm³/mol. The Hall–Kier alpha value is -1.63. The quantitative estimate of drug-likeness (QED) is 0.651. The van der Waals surface area contributed by atoms with E-state index in [-0.39, 0.29) is 5.69 Å². The number of hydrogen-bond acceptors (Lipinski definition) is 5. The molecule has 0 aliphatic heterocycles. The van der Waals surface area contributed by atoms with Crippen molar-refractivity contribution in [3.05, 3.63) is 21.1 Å². The summed E-state index contributed by atoms with van der Waals surface area (Å²) in [6.45, 7) is 6.86. The number of carbonyl (C=O) groups is 1. The second kappa shape index (κ2) is 4.70. The van der Waals surface area contributed by atoms with Gasteiger partial charge < -0.3 is 4.74 Å². The average Bonchev–Trinajstić information content (AvgIpc) is 2.42. The van der Waals surface area contributed by atoms with Crippen LogP contribution in [0.4, 0.5) is 15.5 Å². The van der Waals surface area contributed by atoms with Crippen molar-refractivity contribution in [3.63, 3.8) is 0 Å². The number of ether oxygens (including phenoxy) is 1. The minimum Gasteiger partial charge on any atom is -0.444 e. The molecule has 0 radical (unpaired) electrons. The summed E-state index contributed by atoms with van der Waals surface area (Å²) in [5.41, 5.74) is -0.594. The molecule has 0 atom stereocenters. The van der Waals surface area contributed by atoms with Gasteiger partial charge in [0.1, 0.15) is 10.6 Å². The zero-order valence-corrected chi connectivity index (χ0v) is 10.9. The van der Waals surface area contributed by atoms with Crippen LogP contribution in [0.1, 0.15) is 25.6 Å². The number of hydrogen-bond donors (Lipinski definition) is 1. The van der Waals surface area contributed by atoms with E-state index >= 15 is 0 Å². The smallest absolute Gasteiger partial charge is 0.412 e. The van der Waals surface area contributed by atoms with Crippen LogP contribution in [0.2, 0.25) is 0 Å². The lowest BCUT2D eigenvalue weighted by molar-refractivity contribution is -0.385. The average molecular weight is 258 g/mol. The first-order valence-electron chi connectivity index (χ1n) is 4.94. The Bertz CT molecular complexity index is 448. The fourth-order valence-electron chi connectivity index (χ4n) is 1.12. The summed E-state index contributed by atoms with van der Waals surface area (Å²) in [7, 11) is 0. The zero-order chi connectivity index (χ0) is 13.2. The summed E-state index contributed by atoms with van der Waals surface area (Å²) in [4.78, 5) is 22.1. The van der Waals surface area contributed by atoms with E-state index in [1.54, 1.807) is 27.7 Å². The molecule has 0 aromatic carbocycles. The minimum absolute atomic E-state index is 0.000980. The van der Waals surface area contributed by atoms with Crippen molar-refractivity contribution in [2.24, 2.45) is 0 Å². The van der Waals surface area contributed by atoms with Crippen molar-refractivity contribution >= 4 is 28.1 Å². The van der Waals surface area contributed by atoms with Crippen LogP contribution in [-0.2, 0) is 4.74 Å². The van der Waals surface area contributed by atoms with E-state index in [1.165, 1.54) is 6.07 Å². The number of nitrogens with zero attached hydrogens (tertiary/aromatic N) is 1. The molecule has 1 heterocycles. The van der Waals surface area contributed by atoms with Gasteiger partial charge in [-0.15, -0.1) is 11.3 Å². The number of aryl methyl sites for hydroxylation is 1. The molecule has 0 fully saturated rings. The monoisotopic (exact) mass is 258 g/mol. The van der Waals surface area contributed by atoms with Gasteiger partial charge in [-0.05, 0) is 27.7 Å². The lowest BCUT2D eigenvalue weighted by Gasteiger charge is -2.19. The van der Waals surface area contributed by atoms with E-state index in [1.807, 2.05) is 0 Å². The van der Waals surface area contributed by atoms with E-state index in [2.05, 4.69) is 5.32 Å². The van der Waals surface area contributed by atoms with Crippen LogP contribution in [0.5, 0.6) is 0 Å². The van der Waals surface area contributed by atoms with Gasteiger partial charge in [-0.3, -0.25) is 15.4 Å². The molecule has 1 amide bonds. The predicted octanol–water partition coefficient (Wildman–Crippen LogP) is 3.31. The van der Waals surface area contributed by atoms with Crippen molar-refractivity contribution in [1.29, 1.82) is 0 Å². The Kier molecular flexibility index (Phi) is 3.72. The Balaban J connectivity index is 2.73. The molecule has 17 heavy (non-hydrogen) atoms. The summed E-state index contributed by atoms with van der Waals surface area (Å²) < 4.78 is 5.04. The molecule has 1 N–H and O–H groups in total. The van der Waals surface area contributed by atoms with Gasteiger partial charge in [-0.1, -0.05) is 0 Å². The minimum atomic E-state index is -0.617. The molecular formula is C10H14N2O4S. The first-order chi connectivity index (χ1) is 7.69. The maximum absolute atomic E-state index is 11.4. The van der Waals surface area contributed by atoms with Crippen molar-refractivity contribution in [2.45, 2.75) is 33.3 Å². The van der Waals surface area contributed by atoms with Gasteiger partial charge in [-0.25, -0.2) is 4.79 Å². The lowest BCUT2D eigenvalue weighted by atomic mass is 10.2. The number of nitro groups is 1. The fourth-order valence-corrected chi connectivity index (χ4v) is 1.99. The number of carbonyl (C=O) groups excluding carboxylic acids is 1. The number of thiophene rings is 1. The topological polar surface area (TPSA) is 81.5 Å². The van der Waals surface area contributed by atoms with Gasteiger partial charge in [0, 0.05) is 0 Å². The van der Waals surface area contributed by atoms with Crippen LogP contribution >= 0.6 is 11.3 Å². The molecule has 0 aliphatic carbocycles. The van der Waals surface area contributed by atoms with Gasteiger partial charge in [0.25, 0.3) is 5.69 Å². The molecule has 1 aromatic heterocycles. The molecule has 7 heteroatoms. The maximum atomic E-state index is 11.4. The first-order valence-corrected chi connectivity index (χ1v) is 5.75. The molecule has 6 nitrogen and oxygen atoms in total. The molecule has 0 bridgehead atoms. The van der Waals surface area contributed by atoms with Crippen LogP contribution in [0.15, 0.2) is 6.07 Å². The summed E-state index contributed by atoms with van der Waals surface area (Å²) in [5, 5.41) is 13.5. The van der Waals surface area contributed by atoms with Gasteiger partial charge in [0.2, 0.25) is 0 Å². The van der Waals surface area contributed by atoms with Gasteiger partial charge >= 0.3 is 6.09 Å². The molecule has 0 saturated carbocycles. The Labute approximate surface area is 103 Å². The van der Waals surface area contributed by atoms with Crippen molar-refractivity contribution in [2.75, 3.05) is 5.32 Å². The third-order valence-corrected chi connectivity index (χ3v) is 2.67. The molecule has 94 valence electrons. The van der Waals surface area contributed by atoms with Crippen LogP contribution in [0.3, 0.4) is 0 Å². The third kappa shape index (κ3) is 4.03. The summed E-state index contributed by atoms with van der Waals surface area (Å²) >= 11 is 1.14. The molecule has 0 saturated heterocycles. The molecular weight excluding hydrogens is 244 g/mol. The fraction of sp³-hybridized carbons (Fsp3) is 0.500. The van der Waals surface area contributed by atoms with E-state index in [9.17, 15) is 14.9 Å². The number of rotatable bonds is 2. The first kappa shape index (κ1) is 13.4. The summed E-state index contributed by atoms with van der Waals surface area (Å²) in [6.07, 6.45) is -0.617. The van der Waals surface area contributed by atoms with Crippen LogP contribution in [0.25, 0.3) is 0 Å². The van der Waals surface area contributed by atoms with Crippen LogP contribution in [-0.4, -0.2) is 16.6 Å². The summed E-state index contributed by atoms with van der Waals surface area (Å²) in [5.74, 6) is 0. The van der Waals surface area contributed by atoms with Gasteiger partial charge in [0.15, 0.2) is 0 Å². The van der Waals surface area contributed by atoms with Gasteiger partial charge in [0.05, 0.1) is 15.9 Å². The largest absolute Gasteiger partial charge is 0.444 e. The highest BCUT2D eigenvalue weighted by Gasteiger charge is 2.20. The lowest BCUT2D eigenvalue weighted by Crippen LogP contribution is -2.26. The highest BCUT2D eigenvalue weighted by atomic mass is 32.1. The van der Waals surface area contributed by atoms with E-state index in [0.717, 1.165) is 11.3 Å². The standard InChI is InChI=1S/C10H14N2O4S/c1-6-7(12(14)15)5-8(17-6)11-9(13)16-10(2,3)4/h5H,1-4H3,(H,11,13). The summed E-state index contributed by atoms with van der Waals surface area (Å²) in [6, 6.07) is 1.32. The highest BCUT2D eigenvalue weighted by Crippen LogP contribution is 2.32. The van der Waals surface area contributed by atoms with E-state index < -0.39 is 16.6 Å². The van der Waals surface area contributed by atoms with Crippen molar-refractivity contribution in [1.82, 2.24) is 0 Å². The maximum Gasteiger partial charge on any atom is 0.412 e. The second-order valence-corrected chi connectivity index (χ2v) is 5.69. The van der Waals surface area contributed by atoms with Crippen LogP contribution < -0.4 is 5.32 Å². The van der Waals surface area contributed by atoms with E-state index in [0.29, 0.717) is 9.88 Å². The Morgan fingerprint density at radius 1 is 1.53 bits per heavy atom. The normalized spacial score (nSPS) is 11.1. The molecule has 0 spiro atoms. The van der Waals surface area contributed by atoms with Gasteiger partial charge in [-0.2, -0.15) is 0 Å². The number of amides is 1. The Morgan fingerprint density at radius 2 is 2.12 bits per heavy atom. The molecule has 0 unspecified atom stereocenters. The Morgan fingerprint density at radius 3 is 2.53 bits per heavy atom. The van der Waals surface area contributed by atoms with Crippen molar-refractivity contribution < 1.29 is 14.5 Å². The molecule has 1 rings (SSSR count). The zero-order valence-electron chi connectivity index (χ0n) is 10.1. The second-order valence-electron chi connectivity index (χ2n) is 4.44. The molecule has 0 aliphatic rings. The van der Waals surface area contributed by atoms with Crippen LogP contribution in [0, 0.1) is 17.0 Å².